The van der Waals surface area contributed by atoms with Gasteiger partial charge in [-0.25, -0.2) is 0 Å². The summed E-state index contributed by atoms with van der Waals surface area (Å²) in [5.74, 6) is 0. The molecule has 0 saturated carbocycles. The van der Waals surface area contributed by atoms with Crippen LogP contribution in [0.3, 0.4) is 0 Å². The zero-order chi connectivity index (χ0) is 34.2. The van der Waals surface area contributed by atoms with E-state index in [1.165, 1.54) is 61.4 Å². The number of anilines is 6. The van der Waals surface area contributed by atoms with Crippen molar-refractivity contribution in [3.8, 4) is 22.3 Å². The highest BCUT2D eigenvalue weighted by atomic mass is 16.3. The van der Waals surface area contributed by atoms with Gasteiger partial charge < -0.3 is 14.2 Å². The minimum atomic E-state index is 0.0727. The van der Waals surface area contributed by atoms with Gasteiger partial charge in [0.2, 0.25) is 0 Å². The Kier molecular flexibility index (Phi) is 6.35. The van der Waals surface area contributed by atoms with Crippen LogP contribution in [0.4, 0.5) is 34.1 Å². The number of fused-ring (bicyclic) bond motifs is 7. The predicted molar refractivity (Wildman–Crippen MR) is 219 cm³/mol. The van der Waals surface area contributed by atoms with Crippen LogP contribution in [0.15, 0.2) is 192 Å². The van der Waals surface area contributed by atoms with Crippen molar-refractivity contribution in [1.29, 1.82) is 0 Å². The van der Waals surface area contributed by atoms with Crippen LogP contribution < -0.4 is 26.2 Å². The molecule has 0 N–H and O–H groups in total. The van der Waals surface area contributed by atoms with Gasteiger partial charge in [-0.3, -0.25) is 0 Å². The Morgan fingerprint density at radius 1 is 0.385 bits per heavy atom. The molecule has 0 radical (unpaired) electrons. The van der Waals surface area contributed by atoms with E-state index in [1.54, 1.807) is 0 Å². The summed E-state index contributed by atoms with van der Waals surface area (Å²) in [5, 5.41) is 2.30. The Hall–Kier alpha value is -6.78. The minimum absolute atomic E-state index is 0.0727. The predicted octanol–water partition coefficient (Wildman–Crippen LogP) is 11.0. The van der Waals surface area contributed by atoms with Gasteiger partial charge in [0, 0.05) is 50.5 Å². The fourth-order valence-electron chi connectivity index (χ4n) is 8.71. The van der Waals surface area contributed by atoms with Crippen molar-refractivity contribution >= 4 is 79.2 Å². The van der Waals surface area contributed by atoms with E-state index in [4.69, 9.17) is 4.42 Å². The SMILES string of the molecule is c1ccc(N2c3ccccc3B3c4cccc(-c5ccc(-c6cccc7oc8ccccc8c67)cc5)c4N(c4ccccc4)c4cccc2c43)cc1. The van der Waals surface area contributed by atoms with Gasteiger partial charge in [-0.05, 0) is 87.7 Å². The molecular formula is C48H31BN2O. The summed E-state index contributed by atoms with van der Waals surface area (Å²) in [6.45, 7) is 0.0727. The molecule has 9 aromatic rings. The molecule has 0 saturated heterocycles. The summed E-state index contributed by atoms with van der Waals surface area (Å²) in [7, 11) is 0. The summed E-state index contributed by atoms with van der Waals surface area (Å²) < 4.78 is 6.23. The lowest BCUT2D eigenvalue weighted by Crippen LogP contribution is -2.61. The number of benzene rings is 8. The average molecular weight is 663 g/mol. The van der Waals surface area contributed by atoms with E-state index in [2.05, 4.69) is 186 Å². The van der Waals surface area contributed by atoms with Crippen LogP contribution in [-0.4, -0.2) is 6.71 Å². The topological polar surface area (TPSA) is 19.6 Å². The molecule has 0 spiro atoms. The first kappa shape index (κ1) is 29.0. The maximum Gasteiger partial charge on any atom is 0.252 e. The molecular weight excluding hydrogens is 631 g/mol. The molecule has 0 fully saturated rings. The first-order valence-electron chi connectivity index (χ1n) is 17.9. The van der Waals surface area contributed by atoms with Crippen molar-refractivity contribution in [2.24, 2.45) is 0 Å². The molecule has 3 heterocycles. The highest BCUT2D eigenvalue weighted by Gasteiger charge is 2.43. The summed E-state index contributed by atoms with van der Waals surface area (Å²) >= 11 is 0. The van der Waals surface area contributed by atoms with Gasteiger partial charge >= 0.3 is 0 Å². The van der Waals surface area contributed by atoms with Crippen molar-refractivity contribution in [3.63, 3.8) is 0 Å². The van der Waals surface area contributed by atoms with Gasteiger partial charge in [-0.2, -0.15) is 0 Å². The molecule has 2 aliphatic heterocycles. The molecule has 1 aromatic heterocycles. The van der Waals surface area contributed by atoms with E-state index in [-0.39, 0.29) is 6.71 Å². The molecule has 0 unspecified atom stereocenters. The Morgan fingerprint density at radius 2 is 0.923 bits per heavy atom. The number of hydrogen-bond acceptors (Lipinski definition) is 3. The molecule has 0 aliphatic carbocycles. The quantitative estimate of drug-likeness (QED) is 0.175. The van der Waals surface area contributed by atoms with Crippen LogP contribution >= 0.6 is 0 Å². The van der Waals surface area contributed by atoms with E-state index in [9.17, 15) is 0 Å². The summed E-state index contributed by atoms with van der Waals surface area (Å²) in [5.41, 5.74) is 17.7. The second-order valence-corrected chi connectivity index (χ2v) is 13.6. The second kappa shape index (κ2) is 11.4. The Balaban J connectivity index is 1.13. The van der Waals surface area contributed by atoms with Crippen LogP contribution in [0, 0.1) is 0 Å². The van der Waals surface area contributed by atoms with E-state index < -0.39 is 0 Å². The maximum absolute atomic E-state index is 6.23. The molecule has 52 heavy (non-hydrogen) atoms. The molecule has 2 aliphatic rings. The van der Waals surface area contributed by atoms with Gasteiger partial charge in [0.1, 0.15) is 11.2 Å². The van der Waals surface area contributed by atoms with Gasteiger partial charge in [0.15, 0.2) is 0 Å². The van der Waals surface area contributed by atoms with E-state index in [0.717, 1.165) is 33.3 Å². The molecule has 8 aromatic carbocycles. The van der Waals surface area contributed by atoms with Gasteiger partial charge in [-0.1, -0.05) is 133 Å². The number of furan rings is 1. The van der Waals surface area contributed by atoms with Crippen molar-refractivity contribution in [2.75, 3.05) is 9.80 Å². The number of nitrogens with zero attached hydrogens (tertiary/aromatic N) is 2. The number of rotatable bonds is 4. The lowest BCUT2D eigenvalue weighted by atomic mass is 9.33. The van der Waals surface area contributed by atoms with E-state index in [1.807, 2.05) is 12.1 Å². The third kappa shape index (κ3) is 4.21. The fraction of sp³-hybridized carbons (Fsp3) is 0. The molecule has 0 atom stereocenters. The molecule has 242 valence electrons. The number of hydrogen-bond donors (Lipinski definition) is 0. The third-order valence-electron chi connectivity index (χ3n) is 10.9. The normalized spacial score (nSPS) is 12.9. The zero-order valence-electron chi connectivity index (χ0n) is 28.3. The van der Waals surface area contributed by atoms with Crippen LogP contribution in [0.1, 0.15) is 0 Å². The average Bonchev–Trinajstić information content (AvgIpc) is 3.60. The van der Waals surface area contributed by atoms with Crippen LogP contribution in [0.2, 0.25) is 0 Å². The van der Waals surface area contributed by atoms with E-state index >= 15 is 0 Å². The van der Waals surface area contributed by atoms with Crippen molar-refractivity contribution in [1.82, 2.24) is 0 Å². The number of para-hydroxylation sites is 5. The monoisotopic (exact) mass is 662 g/mol. The summed E-state index contributed by atoms with van der Waals surface area (Å²) in [4.78, 5) is 4.93. The van der Waals surface area contributed by atoms with Crippen molar-refractivity contribution in [2.45, 2.75) is 0 Å². The fourth-order valence-corrected chi connectivity index (χ4v) is 8.71. The molecule has 0 bridgehead atoms. The lowest BCUT2D eigenvalue weighted by Gasteiger charge is -2.44. The van der Waals surface area contributed by atoms with Crippen molar-refractivity contribution < 1.29 is 4.42 Å². The highest BCUT2D eigenvalue weighted by Crippen LogP contribution is 2.47. The van der Waals surface area contributed by atoms with Crippen molar-refractivity contribution in [3.05, 3.63) is 188 Å². The molecule has 4 heteroatoms. The Morgan fingerprint density at radius 3 is 1.71 bits per heavy atom. The Bertz CT molecular complexity index is 2810. The summed E-state index contributed by atoms with van der Waals surface area (Å²) in [6, 6.07) is 68.0. The zero-order valence-corrected chi connectivity index (χ0v) is 28.3. The van der Waals surface area contributed by atoms with Crippen LogP contribution in [0.25, 0.3) is 44.2 Å². The van der Waals surface area contributed by atoms with Gasteiger partial charge in [0.05, 0.1) is 0 Å². The maximum atomic E-state index is 6.23. The highest BCUT2D eigenvalue weighted by molar-refractivity contribution is 7.00. The van der Waals surface area contributed by atoms with Crippen LogP contribution in [0.5, 0.6) is 0 Å². The standard InChI is InChI=1S/C48H31BN2O/c1-3-14-34(15-4-1)50-41-23-9-8-21-39(41)49-40-22-11-20-37(48(40)51(35-16-5-2-6-17-35)43-25-13-24-42(50)47(43)49)33-30-28-32(29-31-33)36-19-12-27-45-46(36)38-18-7-10-26-44(38)52-45/h1-31H. The molecule has 3 nitrogen and oxygen atoms in total. The second-order valence-electron chi connectivity index (χ2n) is 13.6. The summed E-state index contributed by atoms with van der Waals surface area (Å²) in [6.07, 6.45) is 0. The molecule has 0 amide bonds. The largest absolute Gasteiger partial charge is 0.456 e. The smallest absolute Gasteiger partial charge is 0.252 e. The lowest BCUT2D eigenvalue weighted by molar-refractivity contribution is 0.669. The van der Waals surface area contributed by atoms with Gasteiger partial charge in [0.25, 0.3) is 6.71 Å². The molecule has 11 rings (SSSR count). The first-order valence-corrected chi connectivity index (χ1v) is 17.9. The minimum Gasteiger partial charge on any atom is -0.456 e. The first-order chi connectivity index (χ1) is 25.8. The van der Waals surface area contributed by atoms with E-state index in [0.29, 0.717) is 0 Å². The third-order valence-corrected chi connectivity index (χ3v) is 10.9. The Labute approximate surface area is 302 Å². The van der Waals surface area contributed by atoms with Gasteiger partial charge in [-0.15, -0.1) is 0 Å². The van der Waals surface area contributed by atoms with Crippen LogP contribution in [-0.2, 0) is 0 Å².